The van der Waals surface area contributed by atoms with Gasteiger partial charge in [-0.15, -0.1) is 0 Å². The summed E-state index contributed by atoms with van der Waals surface area (Å²) in [6, 6.07) is 0. The van der Waals surface area contributed by atoms with Crippen molar-refractivity contribution in [2.75, 3.05) is 19.0 Å². The van der Waals surface area contributed by atoms with Gasteiger partial charge in [0.2, 0.25) is 0 Å². The molecule has 1 saturated carbocycles. The number of carbonyl (C=O) groups is 1. The first kappa shape index (κ1) is 12.4. The minimum atomic E-state index is 0.462. The lowest BCUT2D eigenvalue weighted by Crippen LogP contribution is -2.19. The van der Waals surface area contributed by atoms with Gasteiger partial charge in [-0.3, -0.25) is 4.79 Å². The average molecular weight is 242 g/mol. The van der Waals surface area contributed by atoms with Crippen LogP contribution in [0.1, 0.15) is 44.9 Å². The van der Waals surface area contributed by atoms with E-state index in [1.807, 2.05) is 11.8 Å². The van der Waals surface area contributed by atoms with Gasteiger partial charge in [0.15, 0.2) is 0 Å². The van der Waals surface area contributed by atoms with Crippen LogP contribution in [-0.4, -0.2) is 30.0 Å². The van der Waals surface area contributed by atoms with Crippen LogP contribution in [0.4, 0.5) is 0 Å². The first-order chi connectivity index (χ1) is 7.84. The largest absolute Gasteiger partial charge is 0.381 e. The van der Waals surface area contributed by atoms with Crippen molar-refractivity contribution in [2.24, 2.45) is 5.92 Å². The maximum absolute atomic E-state index is 11.8. The quantitative estimate of drug-likeness (QED) is 0.741. The summed E-state index contributed by atoms with van der Waals surface area (Å²) >= 11 is 1.90. The van der Waals surface area contributed by atoms with E-state index in [9.17, 15) is 4.79 Å². The molecule has 2 fully saturated rings. The summed E-state index contributed by atoms with van der Waals surface area (Å²) in [6.07, 6.45) is 8.35. The molecule has 92 valence electrons. The maximum Gasteiger partial charge on any atom is 0.143 e. The topological polar surface area (TPSA) is 26.3 Å². The number of thioether (sulfide) groups is 1. The fourth-order valence-corrected chi connectivity index (χ4v) is 3.80. The van der Waals surface area contributed by atoms with Crippen LogP contribution < -0.4 is 0 Å². The number of hydrogen-bond donors (Lipinski definition) is 0. The third-order valence-electron chi connectivity index (χ3n) is 3.64. The van der Waals surface area contributed by atoms with Crippen LogP contribution in [0.3, 0.4) is 0 Å². The molecule has 16 heavy (non-hydrogen) atoms. The van der Waals surface area contributed by atoms with Crippen molar-refractivity contribution in [2.45, 2.75) is 50.2 Å². The molecule has 1 aliphatic heterocycles. The Balaban J connectivity index is 1.59. The molecule has 3 heteroatoms. The number of hydrogen-bond acceptors (Lipinski definition) is 3. The molecule has 0 aromatic carbocycles. The van der Waals surface area contributed by atoms with Gasteiger partial charge in [-0.05, 0) is 31.6 Å². The summed E-state index contributed by atoms with van der Waals surface area (Å²) < 4.78 is 5.31. The number of rotatable bonds is 5. The van der Waals surface area contributed by atoms with E-state index < -0.39 is 0 Å². The second-order valence-electron chi connectivity index (χ2n) is 5.02. The Bertz CT molecular complexity index is 218. The highest BCUT2D eigenvalue weighted by Crippen LogP contribution is 2.30. The highest BCUT2D eigenvalue weighted by molar-refractivity contribution is 8.00. The Labute approximate surface area is 103 Å². The number of ether oxygens (including phenoxy) is 1. The number of ketones is 1. The first-order valence-electron chi connectivity index (χ1n) is 6.55. The zero-order chi connectivity index (χ0) is 11.2. The summed E-state index contributed by atoms with van der Waals surface area (Å²) in [5.74, 6) is 1.82. The third-order valence-corrected chi connectivity index (χ3v) is 5.07. The van der Waals surface area contributed by atoms with Crippen LogP contribution >= 0.6 is 11.8 Å². The highest BCUT2D eigenvalue weighted by Gasteiger charge is 2.20. The fraction of sp³-hybridized carbons (Fsp3) is 0.923. The van der Waals surface area contributed by atoms with Crippen LogP contribution in [-0.2, 0) is 9.53 Å². The molecule has 0 atom stereocenters. The molecule has 1 heterocycles. The minimum absolute atomic E-state index is 0.462. The minimum Gasteiger partial charge on any atom is -0.381 e. The van der Waals surface area contributed by atoms with Gasteiger partial charge in [-0.25, -0.2) is 0 Å². The van der Waals surface area contributed by atoms with E-state index in [-0.39, 0.29) is 0 Å². The Kier molecular flexibility index (Phi) is 5.17. The Morgan fingerprint density at radius 1 is 1.12 bits per heavy atom. The molecule has 0 aromatic rings. The molecule has 0 spiro atoms. The van der Waals surface area contributed by atoms with Gasteiger partial charge in [-0.1, -0.05) is 12.8 Å². The fourth-order valence-electron chi connectivity index (χ4n) is 2.60. The zero-order valence-corrected chi connectivity index (χ0v) is 10.8. The molecule has 2 rings (SSSR count). The molecule has 0 amide bonds. The van der Waals surface area contributed by atoms with Gasteiger partial charge >= 0.3 is 0 Å². The molecular formula is C13H22O2S. The van der Waals surface area contributed by atoms with Crippen molar-refractivity contribution in [3.8, 4) is 0 Å². The van der Waals surface area contributed by atoms with Crippen LogP contribution in [0, 0.1) is 5.92 Å². The number of Topliss-reactive ketones (excluding diaryl/α,β-unsaturated/α-hetero) is 1. The molecule has 2 nitrogen and oxygen atoms in total. The molecule has 0 N–H and O–H groups in total. The molecule has 0 aromatic heterocycles. The summed E-state index contributed by atoms with van der Waals surface area (Å²) in [6.45, 7) is 1.71. The molecule has 1 aliphatic carbocycles. The van der Waals surface area contributed by atoms with Crippen molar-refractivity contribution in [3.63, 3.8) is 0 Å². The van der Waals surface area contributed by atoms with Crippen molar-refractivity contribution in [1.29, 1.82) is 0 Å². The van der Waals surface area contributed by atoms with Crippen molar-refractivity contribution in [3.05, 3.63) is 0 Å². The van der Waals surface area contributed by atoms with E-state index >= 15 is 0 Å². The van der Waals surface area contributed by atoms with Gasteiger partial charge in [0.25, 0.3) is 0 Å². The average Bonchev–Trinajstić information content (AvgIpc) is 2.81. The summed E-state index contributed by atoms with van der Waals surface area (Å²) in [5.41, 5.74) is 0. The molecule has 1 saturated heterocycles. The van der Waals surface area contributed by atoms with E-state index in [0.717, 1.165) is 43.5 Å². The highest BCUT2D eigenvalue weighted by atomic mass is 32.2. The van der Waals surface area contributed by atoms with E-state index in [2.05, 4.69) is 0 Å². The monoisotopic (exact) mass is 242 g/mol. The van der Waals surface area contributed by atoms with Gasteiger partial charge in [-0.2, -0.15) is 11.8 Å². The second-order valence-corrected chi connectivity index (χ2v) is 6.30. The molecular weight excluding hydrogens is 220 g/mol. The zero-order valence-electron chi connectivity index (χ0n) is 9.95. The summed E-state index contributed by atoms with van der Waals surface area (Å²) in [5, 5.41) is 0.777. The van der Waals surface area contributed by atoms with E-state index in [0.29, 0.717) is 11.7 Å². The lowest BCUT2D eigenvalue weighted by molar-refractivity contribution is -0.118. The van der Waals surface area contributed by atoms with Gasteiger partial charge in [0.1, 0.15) is 5.78 Å². The molecule has 0 unspecified atom stereocenters. The van der Waals surface area contributed by atoms with Gasteiger partial charge < -0.3 is 4.74 Å². The lowest BCUT2D eigenvalue weighted by Gasteiger charge is -2.21. The standard InChI is InChI=1S/C13H22O2S/c14-12(9-11-5-7-15-8-6-11)10-16-13-3-1-2-4-13/h11,13H,1-10H2. The molecule has 0 radical (unpaired) electrons. The van der Waals surface area contributed by atoms with Crippen LogP contribution in [0.15, 0.2) is 0 Å². The van der Waals surface area contributed by atoms with Crippen LogP contribution in [0.5, 0.6) is 0 Å². The Morgan fingerprint density at radius 3 is 2.50 bits per heavy atom. The Morgan fingerprint density at radius 2 is 1.81 bits per heavy atom. The first-order valence-corrected chi connectivity index (χ1v) is 7.60. The SMILES string of the molecule is O=C(CSC1CCCC1)CC1CCOCC1. The van der Waals surface area contributed by atoms with Crippen molar-refractivity contribution in [1.82, 2.24) is 0 Å². The van der Waals surface area contributed by atoms with E-state index in [1.165, 1.54) is 25.7 Å². The Hall–Kier alpha value is -0.0200. The van der Waals surface area contributed by atoms with E-state index in [4.69, 9.17) is 4.74 Å². The maximum atomic E-state index is 11.8. The normalized spacial score (nSPS) is 23.8. The smallest absolute Gasteiger partial charge is 0.143 e. The predicted octanol–water partition coefficient (Wildman–Crippen LogP) is 3.05. The molecule has 0 bridgehead atoms. The number of carbonyl (C=O) groups excluding carboxylic acids is 1. The van der Waals surface area contributed by atoms with Crippen molar-refractivity contribution < 1.29 is 9.53 Å². The van der Waals surface area contributed by atoms with Gasteiger partial charge in [0.05, 0.1) is 5.75 Å². The summed E-state index contributed by atoms with van der Waals surface area (Å²) in [4.78, 5) is 11.8. The lowest BCUT2D eigenvalue weighted by atomic mass is 9.95. The van der Waals surface area contributed by atoms with Crippen LogP contribution in [0.25, 0.3) is 0 Å². The van der Waals surface area contributed by atoms with E-state index in [1.54, 1.807) is 0 Å². The second kappa shape index (κ2) is 6.65. The third kappa shape index (κ3) is 4.10. The summed E-state index contributed by atoms with van der Waals surface area (Å²) in [7, 11) is 0. The van der Waals surface area contributed by atoms with Crippen molar-refractivity contribution >= 4 is 17.5 Å². The predicted molar refractivity (Wildman–Crippen MR) is 67.9 cm³/mol. The van der Waals surface area contributed by atoms with Gasteiger partial charge in [0, 0.05) is 24.9 Å². The molecule has 2 aliphatic rings. The van der Waals surface area contributed by atoms with Crippen LogP contribution in [0.2, 0.25) is 0 Å².